The summed E-state index contributed by atoms with van der Waals surface area (Å²) in [6, 6.07) is 0.282. The molecule has 1 atom stereocenters. The Bertz CT molecular complexity index is 406. The molecular formula is C12H17N3O. The molecule has 2 aliphatic rings. The van der Waals surface area contributed by atoms with E-state index in [1.165, 1.54) is 0 Å². The van der Waals surface area contributed by atoms with Gasteiger partial charge in [-0.3, -0.25) is 4.79 Å². The molecule has 0 saturated heterocycles. The number of nitrogens with two attached hydrogens (primary N) is 1. The van der Waals surface area contributed by atoms with Gasteiger partial charge in [0.2, 0.25) is 0 Å². The van der Waals surface area contributed by atoms with Crippen molar-refractivity contribution in [3.63, 3.8) is 0 Å². The lowest BCUT2D eigenvalue weighted by molar-refractivity contribution is -0.116. The van der Waals surface area contributed by atoms with E-state index in [0.29, 0.717) is 11.3 Å². The summed E-state index contributed by atoms with van der Waals surface area (Å²) in [6.07, 6.45) is 8.05. The van der Waals surface area contributed by atoms with E-state index in [9.17, 15) is 4.79 Å². The van der Waals surface area contributed by atoms with Crippen LogP contribution in [0.5, 0.6) is 0 Å². The third-order valence-corrected chi connectivity index (χ3v) is 3.13. The molecular weight excluding hydrogens is 202 g/mol. The van der Waals surface area contributed by atoms with Gasteiger partial charge in [-0.25, -0.2) is 0 Å². The Balaban J connectivity index is 2.50. The molecule has 0 aromatic rings. The Hall–Kier alpha value is -1.71. The van der Waals surface area contributed by atoms with Gasteiger partial charge < -0.3 is 16.0 Å². The highest BCUT2D eigenvalue weighted by Gasteiger charge is 2.29. The molecule has 1 amide bonds. The van der Waals surface area contributed by atoms with Gasteiger partial charge in [0.05, 0.1) is 17.3 Å². The van der Waals surface area contributed by atoms with Crippen molar-refractivity contribution in [3.8, 4) is 0 Å². The van der Waals surface area contributed by atoms with E-state index in [4.69, 9.17) is 5.73 Å². The Morgan fingerprint density at radius 2 is 2.38 bits per heavy atom. The Kier molecular flexibility index (Phi) is 2.73. The summed E-state index contributed by atoms with van der Waals surface area (Å²) < 4.78 is 0. The first-order chi connectivity index (χ1) is 7.65. The first-order valence-electron chi connectivity index (χ1n) is 5.47. The summed E-state index contributed by atoms with van der Waals surface area (Å²) in [5.41, 5.74) is 8.12. The number of likely N-dealkylation sites (N-methyl/N-ethyl adjacent to an activating group) is 2. The first-order valence-corrected chi connectivity index (χ1v) is 5.47. The number of fused-ring (bicyclic) bond motifs is 1. The minimum Gasteiger partial charge on any atom is -0.397 e. The molecule has 4 heteroatoms. The van der Waals surface area contributed by atoms with Gasteiger partial charge in [0, 0.05) is 20.3 Å². The van der Waals surface area contributed by atoms with Crippen molar-refractivity contribution in [2.45, 2.75) is 18.9 Å². The van der Waals surface area contributed by atoms with Crippen LogP contribution in [0.1, 0.15) is 12.8 Å². The van der Waals surface area contributed by atoms with Crippen molar-refractivity contribution in [2.75, 3.05) is 14.1 Å². The van der Waals surface area contributed by atoms with Crippen LogP contribution in [0.25, 0.3) is 0 Å². The smallest absolute Gasteiger partial charge is 0.253 e. The minimum absolute atomic E-state index is 0.103. The molecule has 0 aromatic heterocycles. The van der Waals surface area contributed by atoms with Crippen LogP contribution in [0.15, 0.2) is 35.2 Å². The van der Waals surface area contributed by atoms with E-state index in [0.717, 1.165) is 18.4 Å². The number of nitrogens with zero attached hydrogens (tertiary/aromatic N) is 1. The fraction of sp³-hybridized carbons (Fsp3) is 0.417. The molecule has 1 unspecified atom stereocenters. The number of hydrogen-bond donors (Lipinski definition) is 2. The van der Waals surface area contributed by atoms with E-state index in [1.807, 2.05) is 19.3 Å². The monoisotopic (exact) mass is 219 g/mol. The summed E-state index contributed by atoms with van der Waals surface area (Å²) >= 11 is 0. The number of amides is 1. The van der Waals surface area contributed by atoms with Gasteiger partial charge in [0.1, 0.15) is 0 Å². The van der Waals surface area contributed by atoms with Gasteiger partial charge in [-0.05, 0) is 18.4 Å². The van der Waals surface area contributed by atoms with E-state index in [1.54, 1.807) is 7.05 Å². The largest absolute Gasteiger partial charge is 0.397 e. The van der Waals surface area contributed by atoms with Gasteiger partial charge in [-0.15, -0.1) is 0 Å². The molecule has 2 rings (SSSR count). The number of nitrogens with one attached hydrogen (secondary N) is 1. The van der Waals surface area contributed by atoms with Crippen LogP contribution in [0.4, 0.5) is 0 Å². The summed E-state index contributed by atoms with van der Waals surface area (Å²) in [6.45, 7) is 0. The zero-order chi connectivity index (χ0) is 11.7. The van der Waals surface area contributed by atoms with E-state index >= 15 is 0 Å². The maximum absolute atomic E-state index is 11.8. The Morgan fingerprint density at radius 3 is 3.06 bits per heavy atom. The van der Waals surface area contributed by atoms with Crippen molar-refractivity contribution in [2.24, 2.45) is 5.73 Å². The van der Waals surface area contributed by atoms with Crippen molar-refractivity contribution >= 4 is 5.91 Å². The van der Waals surface area contributed by atoms with Crippen LogP contribution in [0.2, 0.25) is 0 Å². The molecule has 0 fully saturated rings. The fourth-order valence-corrected chi connectivity index (χ4v) is 2.33. The molecule has 86 valence electrons. The lowest BCUT2D eigenvalue weighted by Gasteiger charge is -2.35. The number of carbonyl (C=O) groups excluding carboxylic acids is 1. The SMILES string of the molecule is CNC(=O)C1=C2C=CCCC2N(C)C=C1N. The highest BCUT2D eigenvalue weighted by Crippen LogP contribution is 2.30. The fourth-order valence-electron chi connectivity index (χ4n) is 2.33. The first kappa shape index (κ1) is 10.8. The molecule has 4 nitrogen and oxygen atoms in total. The molecule has 1 aliphatic carbocycles. The zero-order valence-electron chi connectivity index (χ0n) is 9.66. The summed E-state index contributed by atoms with van der Waals surface area (Å²) in [5, 5.41) is 2.64. The maximum atomic E-state index is 11.8. The van der Waals surface area contributed by atoms with E-state index < -0.39 is 0 Å². The molecule has 16 heavy (non-hydrogen) atoms. The van der Waals surface area contributed by atoms with Crippen LogP contribution in [-0.2, 0) is 4.79 Å². The average Bonchev–Trinajstić information content (AvgIpc) is 2.28. The van der Waals surface area contributed by atoms with Gasteiger partial charge in [-0.2, -0.15) is 0 Å². The number of rotatable bonds is 1. The predicted molar refractivity (Wildman–Crippen MR) is 63.3 cm³/mol. The molecule has 0 radical (unpaired) electrons. The van der Waals surface area contributed by atoms with Crippen molar-refractivity contribution < 1.29 is 4.79 Å². The second kappa shape index (κ2) is 4.04. The quantitative estimate of drug-likeness (QED) is 0.675. The van der Waals surface area contributed by atoms with Crippen LogP contribution >= 0.6 is 0 Å². The third-order valence-electron chi connectivity index (χ3n) is 3.13. The second-order valence-electron chi connectivity index (χ2n) is 4.15. The Morgan fingerprint density at radius 1 is 1.62 bits per heavy atom. The average molecular weight is 219 g/mol. The lowest BCUT2D eigenvalue weighted by atomic mass is 9.87. The van der Waals surface area contributed by atoms with Gasteiger partial charge in [0.25, 0.3) is 5.91 Å². The molecule has 1 aliphatic heterocycles. The van der Waals surface area contributed by atoms with Crippen molar-refractivity contribution in [3.05, 3.63) is 35.2 Å². The molecule has 0 aromatic carbocycles. The van der Waals surface area contributed by atoms with Crippen LogP contribution in [0, 0.1) is 0 Å². The normalized spacial score (nSPS) is 24.0. The zero-order valence-corrected chi connectivity index (χ0v) is 9.66. The van der Waals surface area contributed by atoms with Crippen LogP contribution in [0.3, 0.4) is 0 Å². The predicted octanol–water partition coefficient (Wildman–Crippen LogP) is 0.493. The summed E-state index contributed by atoms with van der Waals surface area (Å²) in [7, 11) is 3.63. The second-order valence-corrected chi connectivity index (χ2v) is 4.15. The minimum atomic E-state index is -0.103. The maximum Gasteiger partial charge on any atom is 0.253 e. The highest BCUT2D eigenvalue weighted by atomic mass is 16.1. The lowest BCUT2D eigenvalue weighted by Crippen LogP contribution is -2.38. The van der Waals surface area contributed by atoms with Gasteiger partial charge >= 0.3 is 0 Å². The van der Waals surface area contributed by atoms with Crippen LogP contribution in [-0.4, -0.2) is 30.9 Å². The molecule has 0 saturated carbocycles. The number of hydrogen-bond acceptors (Lipinski definition) is 3. The summed E-state index contributed by atoms with van der Waals surface area (Å²) in [5.74, 6) is -0.103. The van der Waals surface area contributed by atoms with Crippen LogP contribution < -0.4 is 11.1 Å². The van der Waals surface area contributed by atoms with Gasteiger partial charge in [-0.1, -0.05) is 12.2 Å². The number of carbonyl (C=O) groups is 1. The topological polar surface area (TPSA) is 58.4 Å². The van der Waals surface area contributed by atoms with Crippen molar-refractivity contribution in [1.29, 1.82) is 0 Å². The molecule has 0 bridgehead atoms. The Labute approximate surface area is 95.5 Å². The molecule has 0 spiro atoms. The molecule has 3 N–H and O–H groups in total. The highest BCUT2D eigenvalue weighted by molar-refractivity contribution is 5.99. The standard InChI is InChI=1S/C12H17N3O/c1-14-12(16)11-8-5-3-4-6-10(8)15(2)7-9(11)13/h3,5,7,10H,4,6,13H2,1-2H3,(H,14,16). The van der Waals surface area contributed by atoms with Gasteiger partial charge in [0.15, 0.2) is 0 Å². The summed E-state index contributed by atoms with van der Waals surface area (Å²) in [4.78, 5) is 13.9. The van der Waals surface area contributed by atoms with Crippen molar-refractivity contribution in [1.82, 2.24) is 10.2 Å². The van der Waals surface area contributed by atoms with E-state index in [-0.39, 0.29) is 11.9 Å². The number of allylic oxidation sites excluding steroid dienone is 1. The van der Waals surface area contributed by atoms with E-state index in [2.05, 4.69) is 16.3 Å². The molecule has 1 heterocycles. The third kappa shape index (κ3) is 1.60.